The molecule has 1 aromatic heterocycles. The molecule has 216 valence electrons. The second-order valence-corrected chi connectivity index (χ2v) is 10.3. The number of aliphatic hydroxyl groups excluding tert-OH is 1. The molecular formula is C30H41ClN6O2S. The number of rotatable bonds is 10. The molecule has 3 aromatic carbocycles. The third-order valence-corrected chi connectivity index (χ3v) is 6.47. The van der Waals surface area contributed by atoms with Gasteiger partial charge in [0, 0.05) is 31.2 Å². The van der Waals surface area contributed by atoms with Gasteiger partial charge in [-0.2, -0.15) is 0 Å². The lowest BCUT2D eigenvalue weighted by atomic mass is 10.2. The maximum atomic E-state index is 7.57. The summed E-state index contributed by atoms with van der Waals surface area (Å²) in [6, 6.07) is 21.6. The van der Waals surface area contributed by atoms with Gasteiger partial charge in [-0.05, 0) is 94.8 Å². The van der Waals surface area contributed by atoms with E-state index in [-0.39, 0.29) is 6.61 Å². The van der Waals surface area contributed by atoms with E-state index in [1.807, 2.05) is 30.3 Å². The van der Waals surface area contributed by atoms with Crippen molar-refractivity contribution in [3.8, 4) is 5.75 Å². The van der Waals surface area contributed by atoms with Crippen molar-refractivity contribution in [1.82, 2.24) is 19.6 Å². The first-order chi connectivity index (χ1) is 19.3. The standard InChI is InChI=1S/C16H15ClN4O.C12H20N2S.C2H6O/c1-18-15-16(20-13-6-4-3-5-12(13)19-15)21-14-9-10(22-2)7-8-11(14)17;1-11-6-4-7-12(10-11)15-13-8-5-9-14(2)3;1-2-3/h3-9H,1-2H3,(H,18,19)(H,20,21);4,6-7,10,13H,5,8-9H2,1-3H3;3H,2H2,1H3. The van der Waals surface area contributed by atoms with E-state index in [2.05, 4.69) is 75.5 Å². The first-order valence-electron chi connectivity index (χ1n) is 13.1. The van der Waals surface area contributed by atoms with Crippen LogP contribution in [-0.2, 0) is 0 Å². The van der Waals surface area contributed by atoms with Gasteiger partial charge in [-0.25, -0.2) is 9.97 Å². The van der Waals surface area contributed by atoms with Crippen LogP contribution in [0.5, 0.6) is 5.75 Å². The number of nitrogens with zero attached hydrogens (tertiary/aromatic N) is 3. The molecular weight excluding hydrogens is 544 g/mol. The van der Waals surface area contributed by atoms with Crippen LogP contribution in [0, 0.1) is 6.92 Å². The maximum absolute atomic E-state index is 7.57. The Hall–Kier alpha value is -3.08. The van der Waals surface area contributed by atoms with Gasteiger partial charge in [0.25, 0.3) is 0 Å². The van der Waals surface area contributed by atoms with Gasteiger partial charge in [0.05, 0.1) is 28.9 Å². The molecule has 0 radical (unpaired) electrons. The number of benzene rings is 3. The van der Waals surface area contributed by atoms with Crippen molar-refractivity contribution in [2.75, 3.05) is 58.6 Å². The number of halogens is 1. The number of aryl methyl sites for hydroxylation is 1. The van der Waals surface area contributed by atoms with E-state index in [4.69, 9.17) is 21.4 Å². The number of nitrogens with one attached hydrogen (secondary N) is 3. The minimum Gasteiger partial charge on any atom is -0.497 e. The summed E-state index contributed by atoms with van der Waals surface area (Å²) in [5.41, 5.74) is 3.66. The highest BCUT2D eigenvalue weighted by atomic mass is 35.5. The molecule has 4 N–H and O–H groups in total. The van der Waals surface area contributed by atoms with E-state index in [0.29, 0.717) is 28.1 Å². The largest absolute Gasteiger partial charge is 0.497 e. The van der Waals surface area contributed by atoms with E-state index < -0.39 is 0 Å². The summed E-state index contributed by atoms with van der Waals surface area (Å²) in [5.74, 6) is 1.97. The van der Waals surface area contributed by atoms with E-state index in [1.54, 1.807) is 45.2 Å². The van der Waals surface area contributed by atoms with Crippen LogP contribution in [0.3, 0.4) is 0 Å². The molecule has 0 saturated carbocycles. The van der Waals surface area contributed by atoms with Crippen molar-refractivity contribution in [3.05, 3.63) is 77.3 Å². The van der Waals surface area contributed by atoms with Crippen LogP contribution in [-0.4, -0.2) is 67.9 Å². The number of aromatic nitrogens is 2. The quantitative estimate of drug-likeness (QED) is 0.121. The second-order valence-electron chi connectivity index (χ2n) is 8.92. The fourth-order valence-electron chi connectivity index (χ4n) is 3.40. The first kappa shape index (κ1) is 33.1. The van der Waals surface area contributed by atoms with Crippen LogP contribution in [0.25, 0.3) is 11.0 Å². The topological polar surface area (TPSA) is 94.6 Å². The third kappa shape index (κ3) is 11.6. The van der Waals surface area contributed by atoms with Gasteiger partial charge < -0.3 is 25.4 Å². The molecule has 0 atom stereocenters. The molecule has 4 rings (SSSR count). The maximum Gasteiger partial charge on any atom is 0.174 e. The number of fused-ring (bicyclic) bond motifs is 1. The smallest absolute Gasteiger partial charge is 0.174 e. The number of anilines is 3. The molecule has 0 saturated heterocycles. The summed E-state index contributed by atoms with van der Waals surface area (Å²) in [6.45, 7) is 6.24. The zero-order valence-electron chi connectivity index (χ0n) is 24.2. The lowest BCUT2D eigenvalue weighted by molar-refractivity contribution is 0.318. The Kier molecular flexibility index (Phi) is 15.2. The minimum absolute atomic E-state index is 0.250. The number of ether oxygens (including phenoxy) is 1. The highest BCUT2D eigenvalue weighted by molar-refractivity contribution is 7.97. The molecule has 0 fully saturated rings. The monoisotopic (exact) mass is 584 g/mol. The fourth-order valence-corrected chi connectivity index (χ4v) is 4.37. The summed E-state index contributed by atoms with van der Waals surface area (Å²) in [5, 5.41) is 14.4. The molecule has 40 heavy (non-hydrogen) atoms. The fraction of sp³-hybridized carbons (Fsp3) is 0.333. The summed E-state index contributed by atoms with van der Waals surface area (Å²) < 4.78 is 8.60. The van der Waals surface area contributed by atoms with Gasteiger partial charge in [0.2, 0.25) is 0 Å². The van der Waals surface area contributed by atoms with Crippen molar-refractivity contribution in [2.45, 2.75) is 25.2 Å². The highest BCUT2D eigenvalue weighted by Gasteiger charge is 2.10. The number of para-hydroxylation sites is 2. The van der Waals surface area contributed by atoms with Crippen molar-refractivity contribution in [2.24, 2.45) is 0 Å². The van der Waals surface area contributed by atoms with Gasteiger partial charge in [-0.1, -0.05) is 35.9 Å². The van der Waals surface area contributed by atoms with Crippen LogP contribution < -0.4 is 20.1 Å². The van der Waals surface area contributed by atoms with E-state index in [1.165, 1.54) is 16.9 Å². The van der Waals surface area contributed by atoms with Crippen LogP contribution in [0.2, 0.25) is 5.02 Å². The molecule has 0 aliphatic rings. The Morgan fingerprint density at radius 3 is 2.25 bits per heavy atom. The van der Waals surface area contributed by atoms with Gasteiger partial charge >= 0.3 is 0 Å². The predicted molar refractivity (Wildman–Crippen MR) is 171 cm³/mol. The van der Waals surface area contributed by atoms with Crippen LogP contribution in [0.4, 0.5) is 17.3 Å². The second kappa shape index (κ2) is 18.3. The summed E-state index contributed by atoms with van der Waals surface area (Å²) in [7, 11) is 7.63. The number of hydrogen-bond acceptors (Lipinski definition) is 9. The van der Waals surface area contributed by atoms with Crippen molar-refractivity contribution >= 4 is 51.9 Å². The zero-order valence-corrected chi connectivity index (χ0v) is 25.7. The van der Waals surface area contributed by atoms with Crippen LogP contribution in [0.1, 0.15) is 18.9 Å². The van der Waals surface area contributed by atoms with Crippen molar-refractivity contribution in [3.63, 3.8) is 0 Å². The van der Waals surface area contributed by atoms with Crippen LogP contribution in [0.15, 0.2) is 71.6 Å². The lowest BCUT2D eigenvalue weighted by Gasteiger charge is -2.13. The van der Waals surface area contributed by atoms with Crippen molar-refractivity contribution in [1.29, 1.82) is 0 Å². The molecule has 0 bridgehead atoms. The number of aliphatic hydroxyl groups is 1. The summed E-state index contributed by atoms with van der Waals surface area (Å²) in [4.78, 5) is 12.7. The Bertz CT molecular complexity index is 1310. The average molecular weight is 585 g/mol. The van der Waals surface area contributed by atoms with Gasteiger partial charge in [-0.3, -0.25) is 4.72 Å². The zero-order chi connectivity index (χ0) is 29.3. The molecule has 8 nitrogen and oxygen atoms in total. The molecule has 0 aliphatic carbocycles. The van der Waals surface area contributed by atoms with E-state index in [0.717, 1.165) is 24.1 Å². The Morgan fingerprint density at radius 1 is 0.975 bits per heavy atom. The summed E-state index contributed by atoms with van der Waals surface area (Å²) >= 11 is 7.95. The van der Waals surface area contributed by atoms with Gasteiger partial charge in [-0.15, -0.1) is 0 Å². The van der Waals surface area contributed by atoms with Crippen LogP contribution >= 0.6 is 23.5 Å². The summed E-state index contributed by atoms with van der Waals surface area (Å²) in [6.07, 6.45) is 1.19. The SMILES string of the molecule is CCO.CNc1nc2ccccc2nc1Nc1cc(OC)ccc1Cl.Cc1cccc(SNCCCN(C)C)c1. The highest BCUT2D eigenvalue weighted by Crippen LogP contribution is 2.31. The minimum atomic E-state index is 0.250. The molecule has 0 amide bonds. The number of hydrogen-bond donors (Lipinski definition) is 4. The molecule has 0 unspecified atom stereocenters. The molecule has 0 aliphatic heterocycles. The first-order valence-corrected chi connectivity index (χ1v) is 14.3. The molecule has 1 heterocycles. The Balaban J connectivity index is 0.000000272. The van der Waals surface area contributed by atoms with E-state index in [9.17, 15) is 0 Å². The van der Waals surface area contributed by atoms with E-state index >= 15 is 0 Å². The Labute approximate surface area is 247 Å². The van der Waals surface area contributed by atoms with Crippen molar-refractivity contribution < 1.29 is 9.84 Å². The Morgan fingerprint density at radius 2 is 1.65 bits per heavy atom. The third-order valence-electron chi connectivity index (χ3n) is 5.30. The normalized spacial score (nSPS) is 10.3. The van der Waals surface area contributed by atoms with Gasteiger partial charge in [0.1, 0.15) is 5.75 Å². The lowest BCUT2D eigenvalue weighted by Crippen LogP contribution is -2.17. The number of methoxy groups -OCH3 is 1. The molecule has 0 spiro atoms. The molecule has 10 heteroatoms. The molecule has 4 aromatic rings. The van der Waals surface area contributed by atoms with Gasteiger partial charge in [0.15, 0.2) is 11.6 Å². The predicted octanol–water partition coefficient (Wildman–Crippen LogP) is 6.62. The average Bonchev–Trinajstić information content (AvgIpc) is 2.94.